The van der Waals surface area contributed by atoms with Crippen molar-refractivity contribution in [1.82, 2.24) is 14.8 Å². The van der Waals surface area contributed by atoms with Crippen molar-refractivity contribution in [2.45, 2.75) is 37.3 Å². The van der Waals surface area contributed by atoms with Crippen LogP contribution in [-0.4, -0.2) is 69.6 Å². The molecule has 0 radical (unpaired) electrons. The molecular weight excluding hydrogens is 372 g/mol. The van der Waals surface area contributed by atoms with E-state index in [0.29, 0.717) is 11.4 Å². The summed E-state index contributed by atoms with van der Waals surface area (Å²) in [6.45, 7) is -0.674. The van der Waals surface area contributed by atoms with E-state index in [4.69, 9.17) is 16.3 Å². The van der Waals surface area contributed by atoms with Crippen LogP contribution in [0.25, 0.3) is 0 Å². The van der Waals surface area contributed by atoms with Gasteiger partial charge < -0.3 is 14.7 Å². The number of likely N-dealkylation sites (tertiary alicyclic amines) is 2. The van der Waals surface area contributed by atoms with Crippen LogP contribution in [0.2, 0.25) is 5.02 Å². The first-order valence-corrected chi connectivity index (χ1v) is 8.55. The number of halogens is 3. The summed E-state index contributed by atoms with van der Waals surface area (Å²) < 4.78 is 33.3. The van der Waals surface area contributed by atoms with E-state index in [0.717, 1.165) is 4.90 Å². The van der Waals surface area contributed by atoms with E-state index in [2.05, 4.69) is 4.98 Å². The summed E-state index contributed by atoms with van der Waals surface area (Å²) in [4.78, 5) is 30.3. The van der Waals surface area contributed by atoms with Gasteiger partial charge in [0.05, 0.1) is 30.1 Å². The second-order valence-electron chi connectivity index (χ2n) is 6.51. The first-order chi connectivity index (χ1) is 12.2. The van der Waals surface area contributed by atoms with E-state index in [-0.39, 0.29) is 31.3 Å². The van der Waals surface area contributed by atoms with E-state index in [1.807, 2.05) is 0 Å². The average Bonchev–Trinajstić information content (AvgIpc) is 2.55. The minimum Gasteiger partial charge on any atom is -0.393 e. The largest absolute Gasteiger partial charge is 0.416 e. The molecule has 142 valence electrons. The third-order valence-corrected chi connectivity index (χ3v) is 4.64. The molecule has 1 unspecified atom stereocenters. The summed E-state index contributed by atoms with van der Waals surface area (Å²) in [5.41, 5.74) is 0. The minimum atomic E-state index is -3.15. The molecule has 3 heterocycles. The fraction of sp³-hybridized carbons (Fsp3) is 0.562. The van der Waals surface area contributed by atoms with Crippen molar-refractivity contribution in [3.05, 3.63) is 23.4 Å². The molecule has 2 aliphatic rings. The second kappa shape index (κ2) is 7.32. The highest BCUT2D eigenvalue weighted by molar-refractivity contribution is 6.30. The van der Waals surface area contributed by atoms with Crippen LogP contribution >= 0.6 is 11.6 Å². The summed E-state index contributed by atoms with van der Waals surface area (Å²) >= 11 is 5.70. The molecule has 1 aromatic heterocycles. The Morgan fingerprint density at radius 3 is 2.85 bits per heavy atom. The van der Waals surface area contributed by atoms with Crippen LogP contribution in [0.5, 0.6) is 5.88 Å². The molecule has 1 N–H and O–H groups in total. The highest BCUT2D eigenvalue weighted by atomic mass is 35.5. The molecule has 26 heavy (non-hydrogen) atoms. The zero-order valence-corrected chi connectivity index (χ0v) is 14.5. The van der Waals surface area contributed by atoms with Gasteiger partial charge in [-0.05, 0) is 12.5 Å². The summed E-state index contributed by atoms with van der Waals surface area (Å²) in [5.74, 6) is -3.59. The van der Waals surface area contributed by atoms with Gasteiger partial charge in [-0.25, -0.2) is 18.6 Å². The monoisotopic (exact) mass is 389 g/mol. The van der Waals surface area contributed by atoms with E-state index in [1.54, 1.807) is 0 Å². The molecular formula is C16H18ClF2N3O4. The van der Waals surface area contributed by atoms with E-state index in [1.165, 1.54) is 23.2 Å². The van der Waals surface area contributed by atoms with Gasteiger partial charge in [-0.3, -0.25) is 9.69 Å². The van der Waals surface area contributed by atoms with Gasteiger partial charge in [0.2, 0.25) is 11.8 Å². The van der Waals surface area contributed by atoms with Crippen molar-refractivity contribution < 1.29 is 28.2 Å². The number of hydrogen-bond acceptors (Lipinski definition) is 5. The number of ether oxygens (including phenoxy) is 1. The van der Waals surface area contributed by atoms with Crippen LogP contribution in [0.3, 0.4) is 0 Å². The Balaban J connectivity index is 1.70. The number of carbonyl (C=O) groups excluding carboxylic acids is 2. The van der Waals surface area contributed by atoms with Gasteiger partial charge in [0.25, 0.3) is 5.92 Å². The fourth-order valence-corrected chi connectivity index (χ4v) is 3.33. The Hall–Kier alpha value is -2.00. The summed E-state index contributed by atoms with van der Waals surface area (Å²) in [7, 11) is 0. The molecule has 7 nitrogen and oxygen atoms in total. The van der Waals surface area contributed by atoms with Gasteiger partial charge in [-0.2, -0.15) is 0 Å². The van der Waals surface area contributed by atoms with Crippen LogP contribution in [0.15, 0.2) is 18.3 Å². The average molecular weight is 390 g/mol. The smallest absolute Gasteiger partial charge is 0.393 e. The van der Waals surface area contributed by atoms with Crippen LogP contribution < -0.4 is 4.74 Å². The molecule has 0 aromatic carbocycles. The molecule has 0 aliphatic carbocycles. The Labute approximate surface area is 153 Å². The Morgan fingerprint density at radius 1 is 1.42 bits per heavy atom. The SMILES string of the molecule is O=C(Oc1ccc(Cl)cn1)N1C[C@H](N2CCC(O)CC2=O)CC(F)(F)C1. The number of amides is 2. The lowest BCUT2D eigenvalue weighted by molar-refractivity contribution is -0.146. The maximum atomic E-state index is 14.1. The van der Waals surface area contributed by atoms with Crippen molar-refractivity contribution in [3.8, 4) is 5.88 Å². The lowest BCUT2D eigenvalue weighted by atomic mass is 9.97. The molecule has 1 aromatic rings. The molecule has 2 atom stereocenters. The maximum absolute atomic E-state index is 14.1. The summed E-state index contributed by atoms with van der Waals surface area (Å²) in [5, 5.41) is 9.87. The van der Waals surface area contributed by atoms with Crippen molar-refractivity contribution in [2.75, 3.05) is 19.6 Å². The van der Waals surface area contributed by atoms with Crippen LogP contribution in [-0.2, 0) is 4.79 Å². The van der Waals surface area contributed by atoms with E-state index in [9.17, 15) is 23.5 Å². The lowest BCUT2D eigenvalue weighted by Gasteiger charge is -2.43. The number of alkyl halides is 2. The van der Waals surface area contributed by atoms with E-state index >= 15 is 0 Å². The van der Waals surface area contributed by atoms with Crippen LogP contribution in [0.1, 0.15) is 19.3 Å². The van der Waals surface area contributed by atoms with Crippen molar-refractivity contribution in [3.63, 3.8) is 0 Å². The Morgan fingerprint density at radius 2 is 2.19 bits per heavy atom. The van der Waals surface area contributed by atoms with Crippen LogP contribution in [0, 0.1) is 0 Å². The van der Waals surface area contributed by atoms with Gasteiger partial charge in [0.15, 0.2) is 0 Å². The standard InChI is InChI=1S/C16H18ClF2N3O4/c17-10-1-2-13(20-7-10)26-15(25)21-8-11(6-16(18,19)9-21)22-4-3-12(23)5-14(22)24/h1-2,7,11-12,23H,3-6,8-9H2/t11-,12?/m1/s1. The fourth-order valence-electron chi connectivity index (χ4n) is 3.22. The van der Waals surface area contributed by atoms with Crippen molar-refractivity contribution in [2.24, 2.45) is 0 Å². The predicted molar refractivity (Wildman–Crippen MR) is 87.1 cm³/mol. The zero-order chi connectivity index (χ0) is 18.9. The Kier molecular flexibility index (Phi) is 5.29. The molecule has 2 saturated heterocycles. The quantitative estimate of drug-likeness (QED) is 0.835. The summed E-state index contributed by atoms with van der Waals surface area (Å²) in [6, 6.07) is 1.99. The second-order valence-corrected chi connectivity index (χ2v) is 6.95. The molecule has 0 saturated carbocycles. The number of nitrogens with zero attached hydrogens (tertiary/aromatic N) is 3. The molecule has 0 bridgehead atoms. The molecule has 2 fully saturated rings. The third kappa shape index (κ3) is 4.39. The van der Waals surface area contributed by atoms with Gasteiger partial charge >= 0.3 is 6.09 Å². The maximum Gasteiger partial charge on any atom is 0.416 e. The van der Waals surface area contributed by atoms with Gasteiger partial charge in [-0.15, -0.1) is 0 Å². The zero-order valence-electron chi connectivity index (χ0n) is 13.8. The van der Waals surface area contributed by atoms with Crippen LogP contribution in [0.4, 0.5) is 13.6 Å². The first kappa shape index (κ1) is 18.8. The van der Waals surface area contributed by atoms with Gasteiger partial charge in [-0.1, -0.05) is 11.6 Å². The highest BCUT2D eigenvalue weighted by Crippen LogP contribution is 2.31. The topological polar surface area (TPSA) is 83.0 Å². The lowest BCUT2D eigenvalue weighted by Crippen LogP contribution is -2.59. The third-order valence-electron chi connectivity index (χ3n) is 4.41. The number of rotatable bonds is 2. The minimum absolute atomic E-state index is 0.0537. The van der Waals surface area contributed by atoms with Gasteiger partial charge in [0.1, 0.15) is 0 Å². The van der Waals surface area contributed by atoms with E-state index < -0.39 is 37.1 Å². The number of aliphatic hydroxyl groups is 1. The molecule has 0 spiro atoms. The predicted octanol–water partition coefficient (Wildman–Crippen LogP) is 1.93. The van der Waals surface area contributed by atoms with Crippen molar-refractivity contribution >= 4 is 23.6 Å². The van der Waals surface area contributed by atoms with Crippen molar-refractivity contribution in [1.29, 1.82) is 0 Å². The molecule has 2 aliphatic heterocycles. The number of aliphatic hydroxyl groups excluding tert-OH is 1. The number of carbonyl (C=O) groups is 2. The normalized spacial score (nSPS) is 25.9. The molecule has 10 heteroatoms. The molecule has 2 amide bonds. The number of aromatic nitrogens is 1. The number of pyridine rings is 1. The Bertz CT molecular complexity index is 689. The summed E-state index contributed by atoms with van der Waals surface area (Å²) in [6.07, 6.45) is -0.741. The highest BCUT2D eigenvalue weighted by Gasteiger charge is 2.46. The first-order valence-electron chi connectivity index (χ1n) is 8.17. The number of piperidine rings is 2. The molecule has 3 rings (SSSR count). The van der Waals surface area contributed by atoms with Gasteiger partial charge in [0, 0.05) is 31.8 Å². The number of hydrogen-bond donors (Lipinski definition) is 1.